The molecule has 3 N–H and O–H groups in total. The quantitative estimate of drug-likeness (QED) is 0.577. The van der Waals surface area contributed by atoms with E-state index in [9.17, 15) is 9.59 Å². The van der Waals surface area contributed by atoms with Crippen LogP contribution < -0.4 is 15.8 Å². The molecule has 0 aromatic heterocycles. The van der Waals surface area contributed by atoms with E-state index in [1.165, 1.54) is 4.90 Å². The Kier molecular flexibility index (Phi) is 4.35. The second-order valence-electron chi connectivity index (χ2n) is 4.25. The molecule has 0 radical (unpaired) electrons. The normalized spacial score (nSPS) is 14.7. The van der Waals surface area contributed by atoms with E-state index in [0.717, 1.165) is 11.3 Å². The third-order valence-corrected chi connectivity index (χ3v) is 2.89. The van der Waals surface area contributed by atoms with Crippen LogP contribution in [0.25, 0.3) is 0 Å². The SMILES string of the molecule is NCc1ccc(OCCCN2C(=O)CNC2=O)cc1. The highest BCUT2D eigenvalue weighted by Crippen LogP contribution is 2.12. The van der Waals surface area contributed by atoms with Crippen molar-refractivity contribution in [1.82, 2.24) is 10.2 Å². The second-order valence-corrected chi connectivity index (χ2v) is 4.25. The number of benzene rings is 1. The van der Waals surface area contributed by atoms with Crippen LogP contribution in [0.1, 0.15) is 12.0 Å². The van der Waals surface area contributed by atoms with Gasteiger partial charge in [-0.25, -0.2) is 4.79 Å². The number of hydrogen-bond acceptors (Lipinski definition) is 4. The molecule has 1 aromatic rings. The molecule has 0 saturated carbocycles. The number of amides is 3. The van der Waals surface area contributed by atoms with Crippen molar-refractivity contribution in [3.63, 3.8) is 0 Å². The smallest absolute Gasteiger partial charge is 0.324 e. The Balaban J connectivity index is 1.71. The van der Waals surface area contributed by atoms with Crippen LogP contribution in [0.4, 0.5) is 4.79 Å². The Morgan fingerprint density at radius 1 is 1.26 bits per heavy atom. The molecule has 6 heteroatoms. The summed E-state index contributed by atoms with van der Waals surface area (Å²) in [7, 11) is 0. The summed E-state index contributed by atoms with van der Waals surface area (Å²) in [4.78, 5) is 23.8. The van der Waals surface area contributed by atoms with Gasteiger partial charge in [-0.3, -0.25) is 9.69 Å². The van der Waals surface area contributed by atoms with Crippen LogP contribution in [0.15, 0.2) is 24.3 Å². The van der Waals surface area contributed by atoms with E-state index in [1.807, 2.05) is 24.3 Å². The van der Waals surface area contributed by atoms with Crippen molar-refractivity contribution < 1.29 is 14.3 Å². The molecular formula is C13H17N3O3. The van der Waals surface area contributed by atoms with Gasteiger partial charge in [0.1, 0.15) is 5.75 Å². The number of nitrogens with two attached hydrogens (primary N) is 1. The van der Waals surface area contributed by atoms with Gasteiger partial charge in [-0.15, -0.1) is 0 Å². The number of hydrogen-bond donors (Lipinski definition) is 2. The zero-order chi connectivity index (χ0) is 13.7. The molecule has 1 aliphatic rings. The molecule has 3 amide bonds. The van der Waals surface area contributed by atoms with Gasteiger partial charge in [0.25, 0.3) is 0 Å². The first-order valence-corrected chi connectivity index (χ1v) is 6.20. The Hall–Kier alpha value is -2.08. The van der Waals surface area contributed by atoms with Crippen molar-refractivity contribution in [3.8, 4) is 5.75 Å². The Bertz CT molecular complexity index is 443. The van der Waals surface area contributed by atoms with Gasteiger partial charge < -0.3 is 15.8 Å². The molecule has 0 atom stereocenters. The van der Waals surface area contributed by atoms with Gasteiger partial charge in [0, 0.05) is 13.1 Å². The summed E-state index contributed by atoms with van der Waals surface area (Å²) in [6.07, 6.45) is 0.609. The van der Waals surface area contributed by atoms with Crippen molar-refractivity contribution >= 4 is 11.9 Å². The highest BCUT2D eigenvalue weighted by Gasteiger charge is 2.27. The predicted octanol–water partition coefficient (Wildman–Crippen LogP) is 0.466. The van der Waals surface area contributed by atoms with E-state index < -0.39 is 0 Å². The number of nitrogens with zero attached hydrogens (tertiary/aromatic N) is 1. The molecule has 0 spiro atoms. The van der Waals surface area contributed by atoms with Gasteiger partial charge in [0.15, 0.2) is 0 Å². The van der Waals surface area contributed by atoms with Gasteiger partial charge >= 0.3 is 6.03 Å². The standard InChI is InChI=1S/C13H17N3O3/c14-8-10-2-4-11(5-3-10)19-7-1-6-16-12(17)9-15-13(16)18/h2-5H,1,6-9,14H2,(H,15,18). The molecule has 102 valence electrons. The molecule has 1 aromatic carbocycles. The number of ether oxygens (including phenoxy) is 1. The van der Waals surface area contributed by atoms with Crippen LogP contribution in [-0.4, -0.2) is 36.5 Å². The zero-order valence-electron chi connectivity index (χ0n) is 10.6. The molecule has 1 fully saturated rings. The van der Waals surface area contributed by atoms with Gasteiger partial charge in [0.05, 0.1) is 13.2 Å². The molecule has 6 nitrogen and oxygen atoms in total. The average molecular weight is 263 g/mol. The van der Waals surface area contributed by atoms with Crippen molar-refractivity contribution in [2.45, 2.75) is 13.0 Å². The lowest BCUT2D eigenvalue weighted by molar-refractivity contribution is -0.125. The van der Waals surface area contributed by atoms with Crippen molar-refractivity contribution in [1.29, 1.82) is 0 Å². The van der Waals surface area contributed by atoms with Gasteiger partial charge in [-0.05, 0) is 24.1 Å². The maximum absolute atomic E-state index is 11.3. The van der Waals surface area contributed by atoms with Crippen LogP contribution in [0.3, 0.4) is 0 Å². The van der Waals surface area contributed by atoms with E-state index in [1.54, 1.807) is 0 Å². The summed E-state index contributed by atoms with van der Waals surface area (Å²) in [5.41, 5.74) is 6.55. The van der Waals surface area contributed by atoms with E-state index in [4.69, 9.17) is 10.5 Å². The van der Waals surface area contributed by atoms with Crippen LogP contribution in [-0.2, 0) is 11.3 Å². The van der Waals surface area contributed by atoms with E-state index >= 15 is 0 Å². The lowest BCUT2D eigenvalue weighted by atomic mass is 10.2. The molecule has 0 aliphatic carbocycles. The average Bonchev–Trinajstić information content (AvgIpc) is 2.75. The summed E-state index contributed by atoms with van der Waals surface area (Å²) in [6.45, 7) is 1.44. The van der Waals surface area contributed by atoms with Gasteiger partial charge in [-0.2, -0.15) is 0 Å². The largest absolute Gasteiger partial charge is 0.494 e. The monoisotopic (exact) mass is 263 g/mol. The lowest BCUT2D eigenvalue weighted by Gasteiger charge is -2.12. The molecule has 1 heterocycles. The molecule has 0 bridgehead atoms. The van der Waals surface area contributed by atoms with Gasteiger partial charge in [0.2, 0.25) is 5.91 Å². The highest BCUT2D eigenvalue weighted by molar-refractivity contribution is 6.01. The predicted molar refractivity (Wildman–Crippen MR) is 69.6 cm³/mol. The first-order valence-electron chi connectivity index (χ1n) is 6.20. The van der Waals surface area contributed by atoms with Crippen molar-refractivity contribution in [2.24, 2.45) is 5.73 Å². The van der Waals surface area contributed by atoms with E-state index in [-0.39, 0.29) is 18.5 Å². The molecule has 1 saturated heterocycles. The minimum absolute atomic E-state index is 0.0975. The third-order valence-electron chi connectivity index (χ3n) is 2.89. The Morgan fingerprint density at radius 3 is 2.58 bits per heavy atom. The second kappa shape index (κ2) is 6.19. The Labute approximate surface area is 111 Å². The molecule has 19 heavy (non-hydrogen) atoms. The first-order chi connectivity index (χ1) is 9.20. The van der Waals surface area contributed by atoms with Crippen molar-refractivity contribution in [2.75, 3.05) is 19.7 Å². The maximum atomic E-state index is 11.3. The lowest BCUT2D eigenvalue weighted by Crippen LogP contribution is -2.32. The van der Waals surface area contributed by atoms with Crippen molar-refractivity contribution in [3.05, 3.63) is 29.8 Å². The fourth-order valence-electron chi connectivity index (χ4n) is 1.82. The van der Waals surface area contributed by atoms with Crippen LogP contribution in [0.2, 0.25) is 0 Å². The maximum Gasteiger partial charge on any atom is 0.324 e. The first kappa shape index (κ1) is 13.4. The number of imide groups is 1. The minimum Gasteiger partial charge on any atom is -0.494 e. The topological polar surface area (TPSA) is 84.7 Å². The van der Waals surface area contributed by atoms with Crippen LogP contribution in [0.5, 0.6) is 5.75 Å². The van der Waals surface area contributed by atoms with Crippen LogP contribution in [0, 0.1) is 0 Å². The third kappa shape index (κ3) is 3.45. The molecule has 2 rings (SSSR count). The number of nitrogens with one attached hydrogen (secondary N) is 1. The molecule has 1 aliphatic heterocycles. The fraction of sp³-hybridized carbons (Fsp3) is 0.385. The minimum atomic E-state index is -0.322. The molecular weight excluding hydrogens is 246 g/mol. The summed E-state index contributed by atoms with van der Waals surface area (Å²) >= 11 is 0. The van der Waals surface area contributed by atoms with Gasteiger partial charge in [-0.1, -0.05) is 12.1 Å². The number of rotatable bonds is 6. The van der Waals surface area contributed by atoms with E-state index in [0.29, 0.717) is 26.1 Å². The Morgan fingerprint density at radius 2 is 2.00 bits per heavy atom. The summed E-state index contributed by atoms with van der Waals surface area (Å²) < 4.78 is 5.53. The number of carbonyl (C=O) groups is 2. The van der Waals surface area contributed by atoms with E-state index in [2.05, 4.69) is 5.32 Å². The molecule has 0 unspecified atom stereocenters. The fourth-order valence-corrected chi connectivity index (χ4v) is 1.82. The zero-order valence-corrected chi connectivity index (χ0v) is 10.6. The summed E-state index contributed by atoms with van der Waals surface area (Å²) in [5, 5.41) is 2.48. The number of urea groups is 1. The van der Waals surface area contributed by atoms with Crippen LogP contribution >= 0.6 is 0 Å². The number of carbonyl (C=O) groups excluding carboxylic acids is 2. The highest BCUT2D eigenvalue weighted by atomic mass is 16.5. The summed E-state index contributed by atoms with van der Waals surface area (Å²) in [5.74, 6) is 0.576. The summed E-state index contributed by atoms with van der Waals surface area (Å²) in [6, 6.07) is 7.21.